The average Bonchev–Trinajstić information content (AvgIpc) is 2.60. The summed E-state index contributed by atoms with van der Waals surface area (Å²) in [5, 5.41) is 4.03. The van der Waals surface area contributed by atoms with Gasteiger partial charge in [0.25, 0.3) is 5.91 Å². The quantitative estimate of drug-likeness (QED) is 0.727. The fraction of sp³-hybridized carbons (Fsp3) is 0.556. The van der Waals surface area contributed by atoms with Gasteiger partial charge in [0.15, 0.2) is 0 Å². The van der Waals surface area contributed by atoms with Gasteiger partial charge in [-0.2, -0.15) is 5.10 Å². The zero-order valence-corrected chi connectivity index (χ0v) is 8.60. The van der Waals surface area contributed by atoms with Crippen LogP contribution < -0.4 is 5.73 Å². The van der Waals surface area contributed by atoms with Gasteiger partial charge in [-0.3, -0.25) is 9.48 Å². The van der Waals surface area contributed by atoms with Crippen LogP contribution in [0.4, 0.5) is 0 Å². The number of nitrogens with zero attached hydrogens (tertiary/aromatic N) is 3. The van der Waals surface area contributed by atoms with E-state index in [2.05, 4.69) is 5.10 Å². The van der Waals surface area contributed by atoms with Gasteiger partial charge in [0.1, 0.15) is 5.69 Å². The first-order valence-corrected chi connectivity index (χ1v) is 4.60. The summed E-state index contributed by atoms with van der Waals surface area (Å²) < 4.78 is 1.62. The van der Waals surface area contributed by atoms with Crippen LogP contribution in [-0.2, 0) is 7.05 Å². The van der Waals surface area contributed by atoms with Crippen molar-refractivity contribution in [1.82, 2.24) is 14.7 Å². The zero-order chi connectivity index (χ0) is 10.6. The molecule has 0 fully saturated rings. The Morgan fingerprint density at radius 2 is 2.43 bits per heavy atom. The molecule has 0 saturated carbocycles. The molecule has 0 bridgehead atoms. The highest BCUT2D eigenvalue weighted by Crippen LogP contribution is 1.99. The first-order chi connectivity index (χ1) is 6.65. The van der Waals surface area contributed by atoms with Gasteiger partial charge in [0.05, 0.1) is 0 Å². The molecule has 5 heteroatoms. The number of hydrogen-bond donors (Lipinski definition) is 1. The predicted octanol–water partition coefficient (Wildman–Crippen LogP) is -0.159. The first kappa shape index (κ1) is 10.7. The van der Waals surface area contributed by atoms with Gasteiger partial charge in [-0.1, -0.05) is 0 Å². The SMILES string of the molecule is CN(CCCN)C(=O)c1ccn(C)n1. The van der Waals surface area contributed by atoms with Crippen LogP contribution in [0.2, 0.25) is 0 Å². The summed E-state index contributed by atoms with van der Waals surface area (Å²) in [6.07, 6.45) is 2.57. The molecule has 2 N–H and O–H groups in total. The standard InChI is InChI=1S/C9H16N4O/c1-12(6-3-5-10)9(14)8-4-7-13(2)11-8/h4,7H,3,5-6,10H2,1-2H3. The second kappa shape index (κ2) is 4.76. The summed E-state index contributed by atoms with van der Waals surface area (Å²) in [5.41, 5.74) is 5.84. The van der Waals surface area contributed by atoms with Crippen molar-refractivity contribution in [2.24, 2.45) is 12.8 Å². The fourth-order valence-electron chi connectivity index (χ4n) is 1.15. The Kier molecular flexibility index (Phi) is 3.64. The van der Waals surface area contributed by atoms with E-state index < -0.39 is 0 Å². The van der Waals surface area contributed by atoms with Crippen molar-refractivity contribution in [2.45, 2.75) is 6.42 Å². The van der Waals surface area contributed by atoms with E-state index in [4.69, 9.17) is 5.73 Å². The van der Waals surface area contributed by atoms with Gasteiger partial charge in [-0.05, 0) is 19.0 Å². The van der Waals surface area contributed by atoms with Crippen LogP contribution in [-0.4, -0.2) is 40.7 Å². The van der Waals surface area contributed by atoms with E-state index in [9.17, 15) is 4.79 Å². The number of carbonyl (C=O) groups is 1. The summed E-state index contributed by atoms with van der Waals surface area (Å²) in [7, 11) is 3.54. The van der Waals surface area contributed by atoms with Crippen molar-refractivity contribution in [1.29, 1.82) is 0 Å². The fourth-order valence-corrected chi connectivity index (χ4v) is 1.15. The second-order valence-electron chi connectivity index (χ2n) is 3.24. The molecule has 0 aliphatic rings. The Labute approximate surface area is 83.5 Å². The number of aryl methyl sites for hydroxylation is 1. The number of hydrogen-bond acceptors (Lipinski definition) is 3. The molecule has 0 radical (unpaired) electrons. The molecule has 1 heterocycles. The molecule has 1 amide bonds. The van der Waals surface area contributed by atoms with E-state index in [1.165, 1.54) is 0 Å². The third-order valence-corrected chi connectivity index (χ3v) is 1.98. The molecule has 1 aromatic heterocycles. The average molecular weight is 196 g/mol. The van der Waals surface area contributed by atoms with Crippen molar-refractivity contribution in [3.05, 3.63) is 18.0 Å². The van der Waals surface area contributed by atoms with Crippen LogP contribution in [0.1, 0.15) is 16.9 Å². The topological polar surface area (TPSA) is 64.2 Å². The number of rotatable bonds is 4. The lowest BCUT2D eigenvalue weighted by atomic mass is 10.3. The lowest BCUT2D eigenvalue weighted by Gasteiger charge is -2.14. The molecule has 0 aromatic carbocycles. The summed E-state index contributed by atoms with van der Waals surface area (Å²) >= 11 is 0. The van der Waals surface area contributed by atoms with E-state index in [0.29, 0.717) is 18.8 Å². The largest absolute Gasteiger partial charge is 0.340 e. The Morgan fingerprint density at radius 3 is 2.93 bits per heavy atom. The molecule has 0 unspecified atom stereocenters. The van der Waals surface area contributed by atoms with Crippen molar-refractivity contribution in [3.8, 4) is 0 Å². The summed E-state index contributed by atoms with van der Waals surface area (Å²) in [5.74, 6) is -0.0564. The Hall–Kier alpha value is -1.36. The molecule has 0 atom stereocenters. The van der Waals surface area contributed by atoms with Gasteiger partial charge in [0, 0.05) is 26.8 Å². The van der Waals surface area contributed by atoms with Gasteiger partial charge < -0.3 is 10.6 Å². The summed E-state index contributed by atoms with van der Waals surface area (Å²) in [6.45, 7) is 1.27. The van der Waals surface area contributed by atoms with Crippen LogP contribution in [0.25, 0.3) is 0 Å². The van der Waals surface area contributed by atoms with Gasteiger partial charge in [0.2, 0.25) is 0 Å². The molecule has 1 aromatic rings. The highest BCUT2D eigenvalue weighted by atomic mass is 16.2. The van der Waals surface area contributed by atoms with Crippen molar-refractivity contribution in [2.75, 3.05) is 20.1 Å². The number of aromatic nitrogens is 2. The third kappa shape index (κ3) is 2.56. The molecular formula is C9H16N4O. The van der Waals surface area contributed by atoms with E-state index >= 15 is 0 Å². The Bertz CT molecular complexity index is 308. The van der Waals surface area contributed by atoms with Gasteiger partial charge >= 0.3 is 0 Å². The van der Waals surface area contributed by atoms with Crippen molar-refractivity contribution in [3.63, 3.8) is 0 Å². The molecule has 0 aliphatic heterocycles. The minimum atomic E-state index is -0.0564. The number of amides is 1. The zero-order valence-electron chi connectivity index (χ0n) is 8.60. The molecule has 0 spiro atoms. The van der Waals surface area contributed by atoms with E-state index in [1.807, 2.05) is 0 Å². The minimum absolute atomic E-state index is 0.0564. The Balaban J connectivity index is 2.56. The molecule has 0 aliphatic carbocycles. The smallest absolute Gasteiger partial charge is 0.274 e. The van der Waals surface area contributed by atoms with Crippen LogP contribution in [0.15, 0.2) is 12.3 Å². The van der Waals surface area contributed by atoms with Crippen LogP contribution in [0.3, 0.4) is 0 Å². The third-order valence-electron chi connectivity index (χ3n) is 1.98. The summed E-state index contributed by atoms with van der Waals surface area (Å²) in [4.78, 5) is 13.3. The van der Waals surface area contributed by atoms with E-state index in [-0.39, 0.29) is 5.91 Å². The van der Waals surface area contributed by atoms with Gasteiger partial charge in [-0.25, -0.2) is 0 Å². The lowest BCUT2D eigenvalue weighted by Crippen LogP contribution is -2.29. The monoisotopic (exact) mass is 196 g/mol. The van der Waals surface area contributed by atoms with Crippen LogP contribution in [0.5, 0.6) is 0 Å². The molecule has 1 rings (SSSR count). The predicted molar refractivity (Wildman–Crippen MR) is 53.8 cm³/mol. The van der Waals surface area contributed by atoms with Crippen molar-refractivity contribution >= 4 is 5.91 Å². The van der Waals surface area contributed by atoms with E-state index in [1.54, 1.807) is 35.9 Å². The second-order valence-corrected chi connectivity index (χ2v) is 3.24. The highest BCUT2D eigenvalue weighted by Gasteiger charge is 2.13. The molecule has 5 nitrogen and oxygen atoms in total. The Morgan fingerprint density at radius 1 is 1.71 bits per heavy atom. The van der Waals surface area contributed by atoms with E-state index in [0.717, 1.165) is 6.42 Å². The molecule has 78 valence electrons. The van der Waals surface area contributed by atoms with Gasteiger partial charge in [-0.15, -0.1) is 0 Å². The first-order valence-electron chi connectivity index (χ1n) is 4.60. The normalized spacial score (nSPS) is 10.2. The van der Waals surface area contributed by atoms with Crippen molar-refractivity contribution < 1.29 is 4.79 Å². The number of carbonyl (C=O) groups excluding carboxylic acids is 1. The molecular weight excluding hydrogens is 180 g/mol. The maximum atomic E-state index is 11.7. The minimum Gasteiger partial charge on any atom is -0.340 e. The number of nitrogens with two attached hydrogens (primary N) is 1. The summed E-state index contributed by atoms with van der Waals surface area (Å²) in [6, 6.07) is 1.71. The molecule has 14 heavy (non-hydrogen) atoms. The van der Waals surface area contributed by atoms with Crippen LogP contribution >= 0.6 is 0 Å². The van der Waals surface area contributed by atoms with Crippen LogP contribution in [0, 0.1) is 0 Å². The lowest BCUT2D eigenvalue weighted by molar-refractivity contribution is 0.0788. The maximum Gasteiger partial charge on any atom is 0.274 e. The molecule has 0 saturated heterocycles. The maximum absolute atomic E-state index is 11.7. The highest BCUT2D eigenvalue weighted by molar-refractivity contribution is 5.91.